The molecule has 2 saturated heterocycles. The monoisotopic (exact) mass is 366 g/mol. The molecule has 138 valence electrons. The van der Waals surface area contributed by atoms with Crippen LogP contribution >= 0.6 is 0 Å². The first-order valence-electron chi connectivity index (χ1n) is 9.29. The Balaban J connectivity index is 1.58. The number of anilines is 1. The molecule has 2 heterocycles. The minimum atomic E-state index is -3.41. The summed E-state index contributed by atoms with van der Waals surface area (Å²) in [5, 5.41) is 2.88. The number of carbonyl (C=O) groups is 1. The van der Waals surface area contributed by atoms with Gasteiger partial charge in [0.25, 0.3) is 5.91 Å². The Hall–Kier alpha value is -1.44. The third kappa shape index (κ3) is 4.80. The van der Waals surface area contributed by atoms with Gasteiger partial charge in [0.2, 0.25) is 10.0 Å². The number of benzene rings is 1. The van der Waals surface area contributed by atoms with Crippen LogP contribution in [0, 0.1) is 0 Å². The van der Waals surface area contributed by atoms with Crippen molar-refractivity contribution in [1.29, 1.82) is 0 Å². The fraction of sp³-hybridized carbons (Fsp3) is 0.611. The van der Waals surface area contributed by atoms with Gasteiger partial charge in [0.1, 0.15) is 0 Å². The number of carbonyl (C=O) groups excluding carboxylic acids is 1. The highest BCUT2D eigenvalue weighted by atomic mass is 32.2. The van der Waals surface area contributed by atoms with E-state index in [0.717, 1.165) is 32.4 Å². The molecule has 0 radical (unpaired) electrons. The summed E-state index contributed by atoms with van der Waals surface area (Å²) in [4.78, 5) is 13.8. The Labute approximate surface area is 150 Å². The number of hydrogen-bond acceptors (Lipinski definition) is 3. The van der Waals surface area contributed by atoms with Gasteiger partial charge in [-0.2, -0.15) is 4.31 Å². The van der Waals surface area contributed by atoms with Gasteiger partial charge >= 0.3 is 0 Å². The standard InChI is InChI=1S/C18H27N3O3S/c22-18(15-20-11-3-1-4-12-20)19-16-7-9-17(10-8-16)25(23,24)21-13-5-2-6-14-21/h7-10H,1-6,11-15H2,(H,19,22)/p+1. The number of rotatable bonds is 5. The maximum Gasteiger partial charge on any atom is 0.279 e. The molecule has 0 aromatic heterocycles. The van der Waals surface area contributed by atoms with Crippen molar-refractivity contribution in [3.05, 3.63) is 24.3 Å². The molecule has 6 nitrogen and oxygen atoms in total. The van der Waals surface area contributed by atoms with Crippen LogP contribution in [0.2, 0.25) is 0 Å². The predicted octanol–water partition coefficient (Wildman–Crippen LogP) is 0.869. The number of quaternary nitrogens is 1. The van der Waals surface area contributed by atoms with Gasteiger partial charge < -0.3 is 10.2 Å². The molecule has 0 spiro atoms. The van der Waals surface area contributed by atoms with Crippen LogP contribution < -0.4 is 10.2 Å². The Kier molecular flexibility index (Phi) is 6.09. The molecule has 0 aliphatic carbocycles. The molecule has 3 rings (SSSR count). The zero-order chi connectivity index (χ0) is 17.7. The average molecular weight is 367 g/mol. The van der Waals surface area contributed by atoms with Crippen LogP contribution in [0.3, 0.4) is 0 Å². The summed E-state index contributed by atoms with van der Waals surface area (Å²) in [5.41, 5.74) is 0.652. The maximum atomic E-state index is 12.6. The lowest BCUT2D eigenvalue weighted by Gasteiger charge is -2.26. The highest BCUT2D eigenvalue weighted by molar-refractivity contribution is 7.89. The molecule has 25 heavy (non-hydrogen) atoms. The van der Waals surface area contributed by atoms with Crippen molar-refractivity contribution in [2.45, 2.75) is 43.4 Å². The van der Waals surface area contributed by atoms with E-state index in [2.05, 4.69) is 5.32 Å². The quantitative estimate of drug-likeness (QED) is 0.812. The first-order valence-corrected chi connectivity index (χ1v) is 10.7. The normalized spacial score (nSPS) is 20.3. The lowest BCUT2D eigenvalue weighted by atomic mass is 10.1. The van der Waals surface area contributed by atoms with Crippen LogP contribution in [0.1, 0.15) is 38.5 Å². The molecule has 2 aliphatic rings. The molecule has 1 amide bonds. The Bertz CT molecular complexity index is 676. The lowest BCUT2D eigenvalue weighted by Crippen LogP contribution is -3.13. The number of piperidine rings is 2. The van der Waals surface area contributed by atoms with Crippen molar-refractivity contribution in [1.82, 2.24) is 4.31 Å². The molecule has 7 heteroatoms. The molecule has 0 saturated carbocycles. The molecule has 0 bridgehead atoms. The molecular formula is C18H28N3O3S+. The van der Waals surface area contributed by atoms with E-state index < -0.39 is 10.0 Å². The molecule has 1 aromatic rings. The topological polar surface area (TPSA) is 70.9 Å². The first kappa shape index (κ1) is 18.4. The van der Waals surface area contributed by atoms with E-state index in [4.69, 9.17) is 0 Å². The second-order valence-electron chi connectivity index (χ2n) is 7.02. The van der Waals surface area contributed by atoms with Crippen LogP contribution in [-0.4, -0.2) is 51.4 Å². The fourth-order valence-corrected chi connectivity index (χ4v) is 5.14. The van der Waals surface area contributed by atoms with E-state index in [1.165, 1.54) is 24.2 Å². The number of sulfonamides is 1. The van der Waals surface area contributed by atoms with Gasteiger partial charge in [-0.25, -0.2) is 8.42 Å². The van der Waals surface area contributed by atoms with Crippen LogP contribution in [0.5, 0.6) is 0 Å². The molecule has 2 fully saturated rings. The van der Waals surface area contributed by atoms with Crippen LogP contribution in [0.15, 0.2) is 29.2 Å². The minimum Gasteiger partial charge on any atom is -0.327 e. The zero-order valence-corrected chi connectivity index (χ0v) is 15.5. The predicted molar refractivity (Wildman–Crippen MR) is 97.1 cm³/mol. The number of nitrogens with one attached hydrogen (secondary N) is 2. The van der Waals surface area contributed by atoms with E-state index in [0.29, 0.717) is 30.2 Å². The SMILES string of the molecule is O=C(C[NH+]1CCCCC1)Nc1ccc(S(=O)(=O)N2CCCCC2)cc1. The summed E-state index contributed by atoms with van der Waals surface area (Å²) in [7, 11) is -3.41. The number of nitrogens with zero attached hydrogens (tertiary/aromatic N) is 1. The zero-order valence-electron chi connectivity index (χ0n) is 14.7. The summed E-state index contributed by atoms with van der Waals surface area (Å²) in [5.74, 6) is -0.0106. The van der Waals surface area contributed by atoms with Gasteiger partial charge in [-0.15, -0.1) is 0 Å². The van der Waals surface area contributed by atoms with Crippen molar-refractivity contribution in [3.63, 3.8) is 0 Å². The molecule has 2 aliphatic heterocycles. The van der Waals surface area contributed by atoms with E-state index >= 15 is 0 Å². The lowest BCUT2D eigenvalue weighted by molar-refractivity contribution is -0.896. The summed E-state index contributed by atoms with van der Waals surface area (Å²) < 4.78 is 26.8. The van der Waals surface area contributed by atoms with Crippen LogP contribution in [0.25, 0.3) is 0 Å². The summed E-state index contributed by atoms with van der Waals surface area (Å²) in [6, 6.07) is 6.54. The van der Waals surface area contributed by atoms with Gasteiger partial charge in [-0.3, -0.25) is 4.79 Å². The smallest absolute Gasteiger partial charge is 0.279 e. The van der Waals surface area contributed by atoms with Gasteiger partial charge in [-0.05, 0) is 56.4 Å². The van der Waals surface area contributed by atoms with E-state index in [-0.39, 0.29) is 5.91 Å². The van der Waals surface area contributed by atoms with E-state index in [1.807, 2.05) is 0 Å². The highest BCUT2D eigenvalue weighted by Gasteiger charge is 2.25. The van der Waals surface area contributed by atoms with E-state index in [9.17, 15) is 13.2 Å². The molecule has 0 atom stereocenters. The van der Waals surface area contributed by atoms with Crippen molar-refractivity contribution >= 4 is 21.6 Å². The molecule has 2 N–H and O–H groups in total. The largest absolute Gasteiger partial charge is 0.327 e. The summed E-state index contributed by atoms with van der Waals surface area (Å²) in [6.45, 7) is 3.79. The Morgan fingerprint density at radius 3 is 2.20 bits per heavy atom. The van der Waals surface area contributed by atoms with Gasteiger partial charge in [0.05, 0.1) is 18.0 Å². The van der Waals surface area contributed by atoms with Crippen molar-refractivity contribution in [2.75, 3.05) is 38.0 Å². The van der Waals surface area contributed by atoms with E-state index in [1.54, 1.807) is 28.6 Å². The molecule has 1 aromatic carbocycles. The van der Waals surface area contributed by atoms with Crippen molar-refractivity contribution in [2.24, 2.45) is 0 Å². The second kappa shape index (κ2) is 8.29. The van der Waals surface area contributed by atoms with Crippen molar-refractivity contribution in [3.8, 4) is 0 Å². The maximum absolute atomic E-state index is 12.6. The highest BCUT2D eigenvalue weighted by Crippen LogP contribution is 2.21. The third-order valence-electron chi connectivity index (χ3n) is 5.06. The summed E-state index contributed by atoms with van der Waals surface area (Å²) in [6.07, 6.45) is 6.57. The van der Waals surface area contributed by atoms with Gasteiger partial charge in [-0.1, -0.05) is 6.42 Å². The van der Waals surface area contributed by atoms with Crippen LogP contribution in [-0.2, 0) is 14.8 Å². The van der Waals surface area contributed by atoms with Gasteiger partial charge in [0, 0.05) is 18.8 Å². The number of likely N-dealkylation sites (tertiary alicyclic amines) is 1. The average Bonchev–Trinajstić information content (AvgIpc) is 2.63. The number of hydrogen-bond donors (Lipinski definition) is 2. The van der Waals surface area contributed by atoms with Crippen molar-refractivity contribution < 1.29 is 18.1 Å². The Morgan fingerprint density at radius 2 is 1.56 bits per heavy atom. The van der Waals surface area contributed by atoms with Gasteiger partial charge in [0.15, 0.2) is 6.54 Å². The third-order valence-corrected chi connectivity index (χ3v) is 6.97. The molecular weight excluding hydrogens is 338 g/mol. The van der Waals surface area contributed by atoms with Crippen LogP contribution in [0.4, 0.5) is 5.69 Å². The second-order valence-corrected chi connectivity index (χ2v) is 8.96. The number of amides is 1. The fourth-order valence-electron chi connectivity index (χ4n) is 3.63. The molecule has 0 unspecified atom stereocenters. The minimum absolute atomic E-state index is 0.0106. The Morgan fingerprint density at radius 1 is 0.960 bits per heavy atom. The summed E-state index contributed by atoms with van der Waals surface area (Å²) >= 11 is 0. The first-order chi connectivity index (χ1) is 12.1.